The Kier molecular flexibility index (Phi) is 9.00. The van der Waals surface area contributed by atoms with E-state index >= 15 is 0 Å². The summed E-state index contributed by atoms with van der Waals surface area (Å²) in [6.45, 7) is 2.49. The Morgan fingerprint density at radius 2 is 1.73 bits per heavy atom. The number of anilines is 1. The van der Waals surface area contributed by atoms with Gasteiger partial charge in [-0.3, -0.25) is 14.6 Å². The molecule has 37 heavy (non-hydrogen) atoms. The number of nitrogens with one attached hydrogen (secondary N) is 2. The second-order valence-electron chi connectivity index (χ2n) is 8.85. The van der Waals surface area contributed by atoms with Crippen LogP contribution in [0.25, 0.3) is 0 Å². The molecule has 194 valence electrons. The maximum Gasteiger partial charge on any atom is 0.277 e. The Hall–Kier alpha value is -3.17. The number of H-pyrrole nitrogens is 1. The molecule has 1 aliphatic rings. The number of ether oxygens (including phenoxy) is 1. The standard InChI is InChI=1S/C28H28ClN3O3S.H3N/c29-23-11-4-5-12-24(23)36-26-27(33)31-32(28(26)34)25(20-7-2-1-3-8-20)21-9-6-10-22(17-21)30-18-19-13-15-35-16-14-19;/h1-12,17,19,25,30,34H,13-16,18H2,(H,31,33);1H3/p-1. The number of nitrogens with zero attached hydrogens (tertiary/aromatic N) is 1. The van der Waals surface area contributed by atoms with Crippen LogP contribution in [0, 0.1) is 5.92 Å². The van der Waals surface area contributed by atoms with Crippen LogP contribution >= 0.6 is 23.4 Å². The van der Waals surface area contributed by atoms with E-state index in [0.717, 1.165) is 61.2 Å². The van der Waals surface area contributed by atoms with Crippen LogP contribution in [0.5, 0.6) is 5.88 Å². The highest BCUT2D eigenvalue weighted by atomic mass is 35.5. The van der Waals surface area contributed by atoms with Gasteiger partial charge in [-0.15, -0.1) is 0 Å². The zero-order valence-electron chi connectivity index (χ0n) is 20.4. The minimum absolute atomic E-state index is 0. The first-order chi connectivity index (χ1) is 17.6. The Bertz CT molecular complexity index is 1370. The van der Waals surface area contributed by atoms with Crippen molar-refractivity contribution in [3.05, 3.63) is 105 Å². The van der Waals surface area contributed by atoms with Crippen LogP contribution in [0.1, 0.15) is 30.0 Å². The van der Waals surface area contributed by atoms with Crippen molar-refractivity contribution in [3.63, 3.8) is 0 Å². The molecule has 7 nitrogen and oxygen atoms in total. The summed E-state index contributed by atoms with van der Waals surface area (Å²) in [4.78, 5) is 13.7. The van der Waals surface area contributed by atoms with E-state index in [2.05, 4.69) is 16.5 Å². The monoisotopic (exact) mass is 537 g/mol. The third kappa shape index (κ3) is 6.22. The van der Waals surface area contributed by atoms with Gasteiger partial charge in [-0.25, -0.2) is 0 Å². The molecule has 1 saturated heterocycles. The van der Waals surface area contributed by atoms with Crippen molar-refractivity contribution in [1.29, 1.82) is 0 Å². The number of hydrogen-bond acceptors (Lipinski definition) is 6. The molecule has 0 spiro atoms. The fraction of sp³-hybridized carbons (Fsp3) is 0.250. The topological polar surface area (TPSA) is 117 Å². The third-order valence-electron chi connectivity index (χ3n) is 6.40. The minimum Gasteiger partial charge on any atom is -0.858 e. The summed E-state index contributed by atoms with van der Waals surface area (Å²) in [6.07, 6.45) is 2.10. The SMILES string of the molecule is N.O=c1[nH]n(C(c2ccccc2)c2cccc(NCC3CCOCC3)c2)c([O-])c1Sc1ccccc1Cl. The van der Waals surface area contributed by atoms with Gasteiger partial charge in [0.25, 0.3) is 5.56 Å². The summed E-state index contributed by atoms with van der Waals surface area (Å²) in [7, 11) is 0. The lowest BCUT2D eigenvalue weighted by Gasteiger charge is -2.26. The predicted octanol–water partition coefficient (Wildman–Crippen LogP) is 5.69. The molecule has 0 saturated carbocycles. The molecular formula is C28H30ClN4O3S-. The van der Waals surface area contributed by atoms with Crippen LogP contribution < -0.4 is 22.1 Å². The quantitative estimate of drug-likeness (QED) is 0.266. The largest absolute Gasteiger partial charge is 0.858 e. The Morgan fingerprint density at radius 3 is 2.49 bits per heavy atom. The summed E-state index contributed by atoms with van der Waals surface area (Å²) in [6, 6.07) is 24.5. The fourth-order valence-corrected chi connectivity index (χ4v) is 5.59. The molecule has 0 amide bonds. The van der Waals surface area contributed by atoms with Crippen LogP contribution in [0.3, 0.4) is 0 Å². The molecule has 0 aliphatic carbocycles. The number of halogens is 1. The van der Waals surface area contributed by atoms with E-state index in [1.165, 1.54) is 4.68 Å². The van der Waals surface area contributed by atoms with Crippen molar-refractivity contribution >= 4 is 29.1 Å². The Labute approximate surface area is 225 Å². The molecule has 5 rings (SSSR count). The van der Waals surface area contributed by atoms with Crippen LogP contribution in [0.15, 0.2) is 93.4 Å². The first-order valence-corrected chi connectivity index (χ1v) is 13.2. The van der Waals surface area contributed by atoms with E-state index in [1.54, 1.807) is 12.1 Å². The molecule has 9 heteroatoms. The van der Waals surface area contributed by atoms with Crippen molar-refractivity contribution in [2.75, 3.05) is 25.1 Å². The maximum atomic E-state index is 13.6. The Morgan fingerprint density at radius 1 is 1.03 bits per heavy atom. The van der Waals surface area contributed by atoms with Gasteiger partial charge < -0.3 is 21.3 Å². The van der Waals surface area contributed by atoms with E-state index in [4.69, 9.17) is 16.3 Å². The smallest absolute Gasteiger partial charge is 0.277 e. The molecule has 0 bridgehead atoms. The normalized spacial score (nSPS) is 14.6. The molecule has 3 aromatic carbocycles. The molecule has 1 aromatic heterocycles. The van der Waals surface area contributed by atoms with E-state index < -0.39 is 11.6 Å². The summed E-state index contributed by atoms with van der Waals surface area (Å²) in [5, 5.41) is 20.4. The third-order valence-corrected chi connectivity index (χ3v) is 7.98. The number of aromatic nitrogens is 2. The molecular weight excluding hydrogens is 508 g/mol. The summed E-state index contributed by atoms with van der Waals surface area (Å²) in [5.41, 5.74) is 2.35. The highest BCUT2D eigenvalue weighted by molar-refractivity contribution is 7.99. The molecule has 1 atom stereocenters. The van der Waals surface area contributed by atoms with Gasteiger partial charge in [0.05, 0.1) is 16.0 Å². The Balaban J connectivity index is 0.00000320. The van der Waals surface area contributed by atoms with Gasteiger partial charge in [-0.2, -0.15) is 0 Å². The molecule has 2 heterocycles. The van der Waals surface area contributed by atoms with Crippen molar-refractivity contribution in [2.45, 2.75) is 28.7 Å². The number of aromatic amines is 1. The van der Waals surface area contributed by atoms with E-state index in [0.29, 0.717) is 15.8 Å². The van der Waals surface area contributed by atoms with E-state index in [1.807, 2.05) is 60.7 Å². The minimum atomic E-state index is -0.489. The predicted molar refractivity (Wildman–Crippen MR) is 147 cm³/mol. The second-order valence-corrected chi connectivity index (χ2v) is 10.3. The average Bonchev–Trinajstić information content (AvgIpc) is 3.18. The summed E-state index contributed by atoms with van der Waals surface area (Å²) < 4.78 is 6.89. The van der Waals surface area contributed by atoms with Gasteiger partial charge in [-0.1, -0.05) is 78.0 Å². The van der Waals surface area contributed by atoms with Gasteiger partial charge in [0.1, 0.15) is 0 Å². The highest BCUT2D eigenvalue weighted by Crippen LogP contribution is 2.37. The number of benzene rings is 3. The first kappa shape index (κ1) is 26.9. The van der Waals surface area contributed by atoms with Gasteiger partial charge >= 0.3 is 0 Å². The van der Waals surface area contributed by atoms with E-state index in [-0.39, 0.29) is 16.9 Å². The lowest BCUT2D eigenvalue weighted by molar-refractivity contribution is -0.284. The van der Waals surface area contributed by atoms with Gasteiger partial charge in [0, 0.05) is 36.2 Å². The summed E-state index contributed by atoms with van der Waals surface area (Å²) in [5.74, 6) is 0.199. The molecule has 0 radical (unpaired) electrons. The van der Waals surface area contributed by atoms with Crippen LogP contribution in [-0.2, 0) is 4.74 Å². The molecule has 1 unspecified atom stereocenters. The molecule has 1 fully saturated rings. The average molecular weight is 538 g/mol. The van der Waals surface area contributed by atoms with E-state index in [9.17, 15) is 9.90 Å². The van der Waals surface area contributed by atoms with Crippen molar-refractivity contribution in [3.8, 4) is 5.88 Å². The molecule has 1 aliphatic heterocycles. The van der Waals surface area contributed by atoms with Gasteiger partial charge in [0.2, 0.25) is 0 Å². The maximum absolute atomic E-state index is 13.6. The molecule has 5 N–H and O–H groups in total. The molecule has 4 aromatic rings. The van der Waals surface area contributed by atoms with Crippen LogP contribution in [-0.4, -0.2) is 29.5 Å². The number of hydrogen-bond donors (Lipinski definition) is 3. The first-order valence-electron chi connectivity index (χ1n) is 12.0. The zero-order chi connectivity index (χ0) is 24.9. The van der Waals surface area contributed by atoms with Crippen molar-refractivity contribution < 1.29 is 9.84 Å². The highest BCUT2D eigenvalue weighted by Gasteiger charge is 2.21. The van der Waals surface area contributed by atoms with Gasteiger partial charge in [-0.05, 0) is 54.2 Å². The zero-order valence-corrected chi connectivity index (χ0v) is 21.9. The lowest BCUT2D eigenvalue weighted by Crippen LogP contribution is -2.22. The van der Waals surface area contributed by atoms with Crippen molar-refractivity contribution in [2.24, 2.45) is 5.92 Å². The van der Waals surface area contributed by atoms with Gasteiger partial charge in [0.15, 0.2) is 0 Å². The van der Waals surface area contributed by atoms with Crippen molar-refractivity contribution in [1.82, 2.24) is 15.9 Å². The fourth-order valence-electron chi connectivity index (χ4n) is 4.48. The van der Waals surface area contributed by atoms with Crippen LogP contribution in [0.4, 0.5) is 5.69 Å². The van der Waals surface area contributed by atoms with Crippen LogP contribution in [0.2, 0.25) is 5.02 Å². The second kappa shape index (κ2) is 12.4. The summed E-state index contributed by atoms with van der Waals surface area (Å²) >= 11 is 7.38. The lowest BCUT2D eigenvalue weighted by atomic mass is 9.97. The number of rotatable bonds is 8.